The molecule has 0 amide bonds. The molecule has 1 saturated carbocycles. The van der Waals surface area contributed by atoms with Gasteiger partial charge in [-0.05, 0) is 23.8 Å². The lowest BCUT2D eigenvalue weighted by atomic mass is 9.91. The van der Waals surface area contributed by atoms with Gasteiger partial charge in [-0.1, -0.05) is 76.6 Å². The maximum absolute atomic E-state index is 12.4. The standard InChI is InChI=1S/C19H28O/c1-15(2)13-17-9-11-18(12-10-17)19(20)14-16-7-5-3-4-6-8-16/h9-12,15-16H,3-8,13-14H2,1-2H3. The molecule has 1 fully saturated rings. The molecule has 1 aliphatic rings. The summed E-state index contributed by atoms with van der Waals surface area (Å²) in [5, 5.41) is 0. The first kappa shape index (κ1) is 15.3. The number of ketones is 1. The smallest absolute Gasteiger partial charge is 0.163 e. The second-order valence-corrected chi connectivity index (χ2v) is 6.78. The van der Waals surface area contributed by atoms with E-state index in [9.17, 15) is 4.79 Å². The highest BCUT2D eigenvalue weighted by atomic mass is 16.1. The molecule has 1 aromatic rings. The topological polar surface area (TPSA) is 17.1 Å². The van der Waals surface area contributed by atoms with E-state index in [1.54, 1.807) is 0 Å². The Bertz CT molecular complexity index is 408. The largest absolute Gasteiger partial charge is 0.294 e. The predicted molar refractivity (Wildman–Crippen MR) is 85.1 cm³/mol. The van der Waals surface area contributed by atoms with Crippen LogP contribution in [0.25, 0.3) is 0 Å². The van der Waals surface area contributed by atoms with Gasteiger partial charge in [0, 0.05) is 12.0 Å². The van der Waals surface area contributed by atoms with E-state index in [0.29, 0.717) is 17.6 Å². The van der Waals surface area contributed by atoms with Crippen molar-refractivity contribution in [2.45, 2.75) is 65.2 Å². The molecule has 1 heteroatoms. The van der Waals surface area contributed by atoms with Crippen molar-refractivity contribution in [3.63, 3.8) is 0 Å². The Kier molecular flexibility index (Phi) is 5.82. The second-order valence-electron chi connectivity index (χ2n) is 6.78. The minimum atomic E-state index is 0.341. The molecule has 0 atom stereocenters. The van der Waals surface area contributed by atoms with E-state index in [0.717, 1.165) is 18.4 Å². The molecule has 0 N–H and O–H groups in total. The van der Waals surface area contributed by atoms with Gasteiger partial charge < -0.3 is 0 Å². The lowest BCUT2D eigenvalue weighted by molar-refractivity contribution is 0.0957. The van der Waals surface area contributed by atoms with Crippen molar-refractivity contribution in [2.75, 3.05) is 0 Å². The van der Waals surface area contributed by atoms with Gasteiger partial charge in [0.05, 0.1) is 0 Å². The van der Waals surface area contributed by atoms with Crippen LogP contribution in [0.1, 0.15) is 74.7 Å². The van der Waals surface area contributed by atoms with E-state index in [2.05, 4.69) is 26.0 Å². The van der Waals surface area contributed by atoms with Crippen LogP contribution in [0.15, 0.2) is 24.3 Å². The third-order valence-electron chi connectivity index (χ3n) is 4.37. The van der Waals surface area contributed by atoms with Crippen LogP contribution >= 0.6 is 0 Å². The fourth-order valence-corrected chi connectivity index (χ4v) is 3.25. The second kappa shape index (κ2) is 7.61. The van der Waals surface area contributed by atoms with Crippen LogP contribution in [-0.2, 0) is 6.42 Å². The first-order valence-electron chi connectivity index (χ1n) is 8.27. The van der Waals surface area contributed by atoms with Gasteiger partial charge in [0.25, 0.3) is 0 Å². The summed E-state index contributed by atoms with van der Waals surface area (Å²) in [5.41, 5.74) is 2.24. The van der Waals surface area contributed by atoms with Gasteiger partial charge in [-0.25, -0.2) is 0 Å². The highest BCUT2D eigenvalue weighted by Gasteiger charge is 2.17. The molecule has 0 radical (unpaired) electrons. The number of Topliss-reactive ketones (excluding diaryl/α,β-unsaturated/α-hetero) is 1. The Hall–Kier alpha value is -1.11. The molecule has 0 spiro atoms. The zero-order valence-corrected chi connectivity index (χ0v) is 13.0. The van der Waals surface area contributed by atoms with Gasteiger partial charge in [0.1, 0.15) is 0 Å². The number of rotatable bonds is 5. The van der Waals surface area contributed by atoms with Crippen molar-refractivity contribution in [1.82, 2.24) is 0 Å². The van der Waals surface area contributed by atoms with Gasteiger partial charge in [-0.3, -0.25) is 4.79 Å². The van der Waals surface area contributed by atoms with Crippen molar-refractivity contribution in [3.8, 4) is 0 Å². The van der Waals surface area contributed by atoms with Gasteiger partial charge in [-0.2, -0.15) is 0 Å². The van der Waals surface area contributed by atoms with Gasteiger partial charge in [0.15, 0.2) is 5.78 Å². The Balaban J connectivity index is 1.91. The molecule has 20 heavy (non-hydrogen) atoms. The maximum Gasteiger partial charge on any atom is 0.163 e. The summed E-state index contributed by atoms with van der Waals surface area (Å²) >= 11 is 0. The molecular weight excluding hydrogens is 244 g/mol. The molecule has 0 heterocycles. The van der Waals surface area contributed by atoms with Gasteiger partial charge in [-0.15, -0.1) is 0 Å². The molecule has 2 rings (SSSR count). The average molecular weight is 272 g/mol. The van der Waals surface area contributed by atoms with E-state index < -0.39 is 0 Å². The summed E-state index contributed by atoms with van der Waals surface area (Å²) in [6.07, 6.45) is 9.68. The minimum absolute atomic E-state index is 0.341. The number of hydrogen-bond acceptors (Lipinski definition) is 1. The molecule has 0 unspecified atom stereocenters. The van der Waals surface area contributed by atoms with E-state index >= 15 is 0 Å². The lowest BCUT2D eigenvalue weighted by Gasteiger charge is -2.13. The highest BCUT2D eigenvalue weighted by molar-refractivity contribution is 5.96. The van der Waals surface area contributed by atoms with Crippen molar-refractivity contribution in [2.24, 2.45) is 11.8 Å². The highest BCUT2D eigenvalue weighted by Crippen LogP contribution is 2.26. The Morgan fingerprint density at radius 1 is 1.05 bits per heavy atom. The van der Waals surface area contributed by atoms with E-state index in [-0.39, 0.29) is 0 Å². The minimum Gasteiger partial charge on any atom is -0.294 e. The van der Waals surface area contributed by atoms with Crippen molar-refractivity contribution in [1.29, 1.82) is 0 Å². The lowest BCUT2D eigenvalue weighted by Crippen LogP contribution is -2.08. The van der Waals surface area contributed by atoms with E-state index in [1.807, 2.05) is 12.1 Å². The summed E-state index contributed by atoms with van der Waals surface area (Å²) in [5.74, 6) is 1.64. The zero-order chi connectivity index (χ0) is 14.4. The summed E-state index contributed by atoms with van der Waals surface area (Å²) in [7, 11) is 0. The SMILES string of the molecule is CC(C)Cc1ccc(C(=O)CC2CCCCCC2)cc1. The monoisotopic (exact) mass is 272 g/mol. The van der Waals surface area contributed by atoms with Crippen LogP contribution in [0.5, 0.6) is 0 Å². The van der Waals surface area contributed by atoms with Crippen molar-refractivity contribution >= 4 is 5.78 Å². The van der Waals surface area contributed by atoms with E-state index in [4.69, 9.17) is 0 Å². The quantitative estimate of drug-likeness (QED) is 0.516. The fourth-order valence-electron chi connectivity index (χ4n) is 3.25. The number of carbonyl (C=O) groups excluding carboxylic acids is 1. The molecule has 0 aromatic heterocycles. The third kappa shape index (κ3) is 4.77. The Morgan fingerprint density at radius 2 is 1.65 bits per heavy atom. The third-order valence-corrected chi connectivity index (χ3v) is 4.37. The van der Waals surface area contributed by atoms with Crippen LogP contribution in [0, 0.1) is 11.8 Å². The molecule has 0 saturated heterocycles. The van der Waals surface area contributed by atoms with Crippen LogP contribution in [-0.4, -0.2) is 5.78 Å². The molecule has 1 nitrogen and oxygen atoms in total. The Labute approximate surface area is 123 Å². The maximum atomic E-state index is 12.4. The van der Waals surface area contributed by atoms with Crippen molar-refractivity contribution in [3.05, 3.63) is 35.4 Å². The summed E-state index contributed by atoms with van der Waals surface area (Å²) < 4.78 is 0. The number of benzene rings is 1. The van der Waals surface area contributed by atoms with Gasteiger partial charge >= 0.3 is 0 Å². The molecular formula is C19H28O. The van der Waals surface area contributed by atoms with Crippen molar-refractivity contribution < 1.29 is 4.79 Å². The summed E-state index contributed by atoms with van der Waals surface area (Å²) in [6, 6.07) is 8.30. The average Bonchev–Trinajstić information content (AvgIpc) is 2.67. The molecule has 1 aliphatic carbocycles. The van der Waals surface area contributed by atoms with E-state index in [1.165, 1.54) is 44.1 Å². The normalized spacial score (nSPS) is 17.1. The first-order chi connectivity index (χ1) is 9.65. The molecule has 1 aromatic carbocycles. The van der Waals surface area contributed by atoms with Gasteiger partial charge in [0.2, 0.25) is 0 Å². The zero-order valence-electron chi connectivity index (χ0n) is 13.0. The van der Waals surface area contributed by atoms with Crippen LogP contribution in [0.2, 0.25) is 0 Å². The molecule has 0 aliphatic heterocycles. The predicted octanol–water partition coefficient (Wildman–Crippen LogP) is 5.43. The number of hydrogen-bond donors (Lipinski definition) is 0. The first-order valence-corrected chi connectivity index (χ1v) is 8.27. The summed E-state index contributed by atoms with van der Waals surface area (Å²) in [4.78, 5) is 12.4. The van der Waals surface area contributed by atoms with Crippen LogP contribution in [0.3, 0.4) is 0 Å². The molecule has 110 valence electrons. The summed E-state index contributed by atoms with van der Waals surface area (Å²) in [6.45, 7) is 4.45. The van der Waals surface area contributed by atoms with Crippen LogP contribution in [0.4, 0.5) is 0 Å². The number of carbonyl (C=O) groups is 1. The van der Waals surface area contributed by atoms with Crippen LogP contribution < -0.4 is 0 Å². The fraction of sp³-hybridized carbons (Fsp3) is 0.632. The molecule has 0 bridgehead atoms. The Morgan fingerprint density at radius 3 is 2.20 bits per heavy atom.